The second-order valence-electron chi connectivity index (χ2n) is 5.93. The summed E-state index contributed by atoms with van der Waals surface area (Å²) in [5, 5.41) is 8.81. The van der Waals surface area contributed by atoms with Gasteiger partial charge in [-0.25, -0.2) is 9.97 Å². The highest BCUT2D eigenvalue weighted by molar-refractivity contribution is 8.00. The molecule has 2 aromatic heterocycles. The summed E-state index contributed by atoms with van der Waals surface area (Å²) in [4.78, 5) is 23.2. The highest BCUT2D eigenvalue weighted by Gasteiger charge is 2.12. The van der Waals surface area contributed by atoms with Crippen LogP contribution in [0.15, 0.2) is 81.9 Å². The van der Waals surface area contributed by atoms with Gasteiger partial charge in [0.1, 0.15) is 11.4 Å². The quantitative estimate of drug-likeness (QED) is 0.381. The molecule has 0 saturated carbocycles. The first-order valence-electron chi connectivity index (χ1n) is 8.58. The van der Waals surface area contributed by atoms with Crippen molar-refractivity contribution >= 4 is 46.2 Å². The fourth-order valence-electron chi connectivity index (χ4n) is 2.65. The Bertz CT molecular complexity index is 1110. The lowest BCUT2D eigenvalue weighted by molar-refractivity contribution is -0.113. The first-order chi connectivity index (χ1) is 13.7. The number of para-hydroxylation sites is 1. The SMILES string of the molecule is Cn1ncc2c(SCC(=O)Nc3ccccc3Sc3ccccc3)ncnc21. The Morgan fingerprint density at radius 3 is 2.71 bits per heavy atom. The standard InChI is InChI=1S/C20H17N5OS2/c1-25-19-15(11-23-25)20(22-13-21-19)27-12-18(26)24-16-9-5-6-10-17(16)28-14-7-3-2-4-8-14/h2-11,13H,12H2,1H3,(H,24,26). The van der Waals surface area contributed by atoms with Crippen molar-refractivity contribution in [1.82, 2.24) is 19.7 Å². The average molecular weight is 408 g/mol. The zero-order chi connectivity index (χ0) is 19.3. The van der Waals surface area contributed by atoms with E-state index in [0.717, 1.165) is 31.5 Å². The van der Waals surface area contributed by atoms with Crippen LogP contribution in [0.1, 0.15) is 0 Å². The molecule has 2 heterocycles. The van der Waals surface area contributed by atoms with E-state index in [2.05, 4.69) is 20.4 Å². The molecule has 0 aliphatic carbocycles. The summed E-state index contributed by atoms with van der Waals surface area (Å²) in [7, 11) is 1.83. The number of thioether (sulfide) groups is 1. The number of nitrogens with zero attached hydrogens (tertiary/aromatic N) is 4. The lowest BCUT2D eigenvalue weighted by Crippen LogP contribution is -2.14. The van der Waals surface area contributed by atoms with E-state index in [1.165, 1.54) is 18.1 Å². The number of nitrogens with one attached hydrogen (secondary N) is 1. The molecular weight excluding hydrogens is 390 g/mol. The number of rotatable bonds is 6. The summed E-state index contributed by atoms with van der Waals surface area (Å²) in [6.45, 7) is 0. The van der Waals surface area contributed by atoms with Gasteiger partial charge in [0.2, 0.25) is 5.91 Å². The Hall–Kier alpha value is -2.84. The summed E-state index contributed by atoms with van der Waals surface area (Å²) >= 11 is 3.00. The van der Waals surface area contributed by atoms with Gasteiger partial charge < -0.3 is 5.32 Å². The molecule has 0 aliphatic rings. The van der Waals surface area contributed by atoms with E-state index in [0.29, 0.717) is 0 Å². The molecule has 2 aromatic carbocycles. The number of aryl methyl sites for hydroxylation is 1. The van der Waals surface area contributed by atoms with Crippen molar-refractivity contribution in [1.29, 1.82) is 0 Å². The number of amides is 1. The predicted molar refractivity (Wildman–Crippen MR) is 113 cm³/mol. The topological polar surface area (TPSA) is 72.7 Å². The van der Waals surface area contributed by atoms with Gasteiger partial charge in [0.15, 0.2) is 5.65 Å². The van der Waals surface area contributed by atoms with Crippen molar-refractivity contribution in [2.24, 2.45) is 7.05 Å². The van der Waals surface area contributed by atoms with E-state index in [1.54, 1.807) is 22.6 Å². The van der Waals surface area contributed by atoms with Gasteiger partial charge in [-0.1, -0.05) is 53.9 Å². The summed E-state index contributed by atoms with van der Waals surface area (Å²) in [5.41, 5.74) is 1.55. The molecule has 4 rings (SSSR count). The Morgan fingerprint density at radius 2 is 1.86 bits per heavy atom. The van der Waals surface area contributed by atoms with Crippen LogP contribution < -0.4 is 5.32 Å². The van der Waals surface area contributed by atoms with Crippen LogP contribution in [-0.2, 0) is 11.8 Å². The van der Waals surface area contributed by atoms with Gasteiger partial charge in [-0.2, -0.15) is 5.10 Å². The average Bonchev–Trinajstić information content (AvgIpc) is 3.10. The molecule has 1 N–H and O–H groups in total. The predicted octanol–water partition coefficient (Wildman–Crippen LogP) is 4.25. The van der Waals surface area contributed by atoms with Gasteiger partial charge in [-0.3, -0.25) is 9.48 Å². The van der Waals surface area contributed by atoms with Gasteiger partial charge in [0.25, 0.3) is 0 Å². The maximum Gasteiger partial charge on any atom is 0.234 e. The fraction of sp³-hybridized carbons (Fsp3) is 0.100. The van der Waals surface area contributed by atoms with Crippen molar-refractivity contribution in [2.45, 2.75) is 14.8 Å². The third kappa shape index (κ3) is 4.18. The Kier molecular flexibility index (Phi) is 5.59. The molecule has 0 saturated heterocycles. The number of anilines is 1. The van der Waals surface area contributed by atoms with Crippen LogP contribution in [0.25, 0.3) is 11.0 Å². The van der Waals surface area contributed by atoms with Crippen LogP contribution in [0.2, 0.25) is 0 Å². The van der Waals surface area contributed by atoms with Crippen molar-refractivity contribution in [2.75, 3.05) is 11.1 Å². The van der Waals surface area contributed by atoms with Gasteiger partial charge in [0, 0.05) is 16.8 Å². The molecule has 0 atom stereocenters. The van der Waals surface area contributed by atoms with Crippen LogP contribution in [0.4, 0.5) is 5.69 Å². The molecular formula is C20H17N5OS2. The largest absolute Gasteiger partial charge is 0.324 e. The third-order valence-corrected chi connectivity index (χ3v) is 6.05. The van der Waals surface area contributed by atoms with Crippen molar-refractivity contribution in [3.05, 3.63) is 67.1 Å². The minimum atomic E-state index is -0.0817. The maximum atomic E-state index is 12.5. The maximum absolute atomic E-state index is 12.5. The molecule has 0 aliphatic heterocycles. The number of hydrogen-bond donors (Lipinski definition) is 1. The molecule has 8 heteroatoms. The van der Waals surface area contributed by atoms with Crippen LogP contribution in [0.5, 0.6) is 0 Å². The summed E-state index contributed by atoms with van der Waals surface area (Å²) in [6.07, 6.45) is 3.22. The second kappa shape index (κ2) is 8.45. The van der Waals surface area contributed by atoms with E-state index < -0.39 is 0 Å². The second-order valence-corrected chi connectivity index (χ2v) is 8.01. The Balaban J connectivity index is 1.44. The van der Waals surface area contributed by atoms with E-state index >= 15 is 0 Å². The first-order valence-corrected chi connectivity index (χ1v) is 10.4. The number of carbonyl (C=O) groups excluding carboxylic acids is 1. The Morgan fingerprint density at radius 1 is 1.07 bits per heavy atom. The zero-order valence-electron chi connectivity index (χ0n) is 15.1. The molecule has 0 unspecified atom stereocenters. The minimum Gasteiger partial charge on any atom is -0.324 e. The summed E-state index contributed by atoms with van der Waals surface area (Å²) in [6, 6.07) is 17.9. The van der Waals surface area contributed by atoms with E-state index in [-0.39, 0.29) is 11.7 Å². The van der Waals surface area contributed by atoms with Crippen molar-refractivity contribution in [3.63, 3.8) is 0 Å². The smallest absolute Gasteiger partial charge is 0.234 e. The molecule has 4 aromatic rings. The minimum absolute atomic E-state index is 0.0817. The van der Waals surface area contributed by atoms with Gasteiger partial charge in [-0.15, -0.1) is 0 Å². The fourth-order valence-corrected chi connectivity index (χ4v) is 4.33. The number of hydrogen-bond acceptors (Lipinski definition) is 6. The van der Waals surface area contributed by atoms with Crippen molar-refractivity contribution < 1.29 is 4.79 Å². The van der Waals surface area contributed by atoms with Crippen LogP contribution in [0.3, 0.4) is 0 Å². The highest BCUT2D eigenvalue weighted by Crippen LogP contribution is 2.33. The third-order valence-electron chi connectivity index (χ3n) is 3.97. The molecule has 6 nitrogen and oxygen atoms in total. The number of aromatic nitrogens is 4. The highest BCUT2D eigenvalue weighted by atomic mass is 32.2. The van der Waals surface area contributed by atoms with E-state index in [9.17, 15) is 4.79 Å². The molecule has 0 spiro atoms. The van der Waals surface area contributed by atoms with Crippen LogP contribution in [-0.4, -0.2) is 31.4 Å². The molecule has 0 fully saturated rings. The van der Waals surface area contributed by atoms with Gasteiger partial charge in [-0.05, 0) is 24.3 Å². The molecule has 28 heavy (non-hydrogen) atoms. The molecule has 1 amide bonds. The lowest BCUT2D eigenvalue weighted by atomic mass is 10.3. The van der Waals surface area contributed by atoms with Crippen molar-refractivity contribution in [3.8, 4) is 0 Å². The van der Waals surface area contributed by atoms with E-state index in [4.69, 9.17) is 0 Å². The van der Waals surface area contributed by atoms with Crippen LogP contribution >= 0.6 is 23.5 Å². The molecule has 0 bridgehead atoms. The lowest BCUT2D eigenvalue weighted by Gasteiger charge is -2.10. The summed E-state index contributed by atoms with van der Waals surface area (Å²) in [5.74, 6) is 0.174. The number of fused-ring (bicyclic) bond motifs is 1. The summed E-state index contributed by atoms with van der Waals surface area (Å²) < 4.78 is 1.69. The normalized spacial score (nSPS) is 10.9. The monoisotopic (exact) mass is 407 g/mol. The Labute approximate surface area is 170 Å². The molecule has 0 radical (unpaired) electrons. The van der Waals surface area contributed by atoms with E-state index in [1.807, 2.05) is 61.6 Å². The first kappa shape index (κ1) is 18.5. The van der Waals surface area contributed by atoms with Crippen LogP contribution in [0, 0.1) is 0 Å². The van der Waals surface area contributed by atoms with Gasteiger partial charge >= 0.3 is 0 Å². The zero-order valence-corrected chi connectivity index (χ0v) is 16.7. The molecule has 140 valence electrons. The number of carbonyl (C=O) groups is 1. The number of benzene rings is 2. The van der Waals surface area contributed by atoms with Gasteiger partial charge in [0.05, 0.1) is 23.0 Å².